The lowest BCUT2D eigenvalue weighted by atomic mass is 10.1. The Morgan fingerprint density at radius 2 is 1.67 bits per heavy atom. The first-order valence-electron chi connectivity index (χ1n) is 5.36. The molecule has 0 aromatic heterocycles. The number of carbonyl (C=O) groups excluding carboxylic acids is 3. The third-order valence-electron chi connectivity index (χ3n) is 2.13. The predicted molar refractivity (Wildman–Crippen MR) is 56.9 cm³/mol. The van der Waals surface area contributed by atoms with Crippen LogP contribution in [0.15, 0.2) is 0 Å². The molecule has 7 heteroatoms. The molecule has 7 nitrogen and oxygen atoms in total. The van der Waals surface area contributed by atoms with Gasteiger partial charge in [-0.05, 0) is 0 Å². The van der Waals surface area contributed by atoms with Gasteiger partial charge in [0, 0.05) is 20.8 Å². The summed E-state index contributed by atoms with van der Waals surface area (Å²) in [6, 6.07) is 0. The number of esters is 3. The Morgan fingerprint density at radius 1 is 1.06 bits per heavy atom. The molecule has 0 unspecified atom stereocenters. The Kier molecular flexibility index (Phi) is 5.08. The lowest BCUT2D eigenvalue weighted by Crippen LogP contribution is -2.39. The van der Waals surface area contributed by atoms with Crippen molar-refractivity contribution in [3.8, 4) is 0 Å². The molecular formula is C11H15O7. The van der Waals surface area contributed by atoms with Crippen LogP contribution >= 0.6 is 0 Å². The smallest absolute Gasteiger partial charge is 0.303 e. The highest BCUT2D eigenvalue weighted by Gasteiger charge is 2.43. The molecule has 101 valence electrons. The summed E-state index contributed by atoms with van der Waals surface area (Å²) in [6.45, 7) is 4.89. The molecule has 3 atom stereocenters. The molecule has 1 aliphatic heterocycles. The van der Waals surface area contributed by atoms with Crippen molar-refractivity contribution in [3.63, 3.8) is 0 Å². The number of ether oxygens (including phenoxy) is 4. The van der Waals surface area contributed by atoms with E-state index in [1.54, 1.807) is 0 Å². The van der Waals surface area contributed by atoms with Crippen LogP contribution in [0.2, 0.25) is 0 Å². The van der Waals surface area contributed by atoms with E-state index >= 15 is 0 Å². The van der Waals surface area contributed by atoms with Crippen molar-refractivity contribution >= 4 is 17.9 Å². The molecule has 0 aromatic carbocycles. The standard InChI is InChI=1S/C11H15O7/c1-6(12)15-4-9-11(18-8(3)14)10(5-16-9)17-7(2)13/h5,9-11H,4H2,1-3H3/t9-,10-,11+/m1/s1. The van der Waals surface area contributed by atoms with E-state index in [9.17, 15) is 14.4 Å². The number of rotatable bonds is 4. The molecular weight excluding hydrogens is 244 g/mol. The number of carbonyl (C=O) groups is 3. The van der Waals surface area contributed by atoms with Crippen LogP contribution in [0.25, 0.3) is 0 Å². The van der Waals surface area contributed by atoms with E-state index < -0.39 is 36.2 Å². The van der Waals surface area contributed by atoms with Crippen molar-refractivity contribution < 1.29 is 33.3 Å². The highest BCUT2D eigenvalue weighted by atomic mass is 16.6. The molecule has 1 radical (unpaired) electrons. The molecule has 1 fully saturated rings. The molecule has 0 amide bonds. The summed E-state index contributed by atoms with van der Waals surface area (Å²) in [4.78, 5) is 32.6. The molecule has 1 rings (SSSR count). The van der Waals surface area contributed by atoms with Crippen molar-refractivity contribution in [2.24, 2.45) is 0 Å². The second-order valence-corrected chi connectivity index (χ2v) is 3.76. The predicted octanol–water partition coefficient (Wildman–Crippen LogP) is -0.0265. The summed E-state index contributed by atoms with van der Waals surface area (Å²) in [6.07, 6.45) is -2.29. The third-order valence-corrected chi connectivity index (χ3v) is 2.13. The Morgan fingerprint density at radius 3 is 2.17 bits per heavy atom. The molecule has 1 heterocycles. The topological polar surface area (TPSA) is 88.1 Å². The van der Waals surface area contributed by atoms with Crippen LogP contribution in [-0.4, -0.2) is 42.8 Å². The van der Waals surface area contributed by atoms with E-state index in [1.807, 2.05) is 0 Å². The van der Waals surface area contributed by atoms with Gasteiger partial charge in [-0.15, -0.1) is 0 Å². The van der Waals surface area contributed by atoms with Gasteiger partial charge in [0.05, 0.1) is 0 Å². The molecule has 1 saturated heterocycles. The SMILES string of the molecule is CC(=O)OC[C@H]1O[CH][C@@H](OC(C)=O)[C@H]1OC(C)=O. The van der Waals surface area contributed by atoms with Gasteiger partial charge in [0.25, 0.3) is 0 Å². The largest absolute Gasteiger partial charge is 0.463 e. The lowest BCUT2D eigenvalue weighted by Gasteiger charge is -2.21. The highest BCUT2D eigenvalue weighted by Crippen LogP contribution is 2.24. The van der Waals surface area contributed by atoms with E-state index in [0.717, 1.165) is 0 Å². The maximum absolute atomic E-state index is 11.0. The zero-order chi connectivity index (χ0) is 13.7. The van der Waals surface area contributed by atoms with E-state index in [2.05, 4.69) is 0 Å². The quantitative estimate of drug-likeness (QED) is 0.517. The van der Waals surface area contributed by atoms with Gasteiger partial charge in [0.15, 0.2) is 12.2 Å². The van der Waals surface area contributed by atoms with Gasteiger partial charge in [-0.1, -0.05) is 0 Å². The van der Waals surface area contributed by atoms with Crippen LogP contribution in [0.5, 0.6) is 0 Å². The van der Waals surface area contributed by atoms with Gasteiger partial charge < -0.3 is 18.9 Å². The summed E-state index contributed by atoms with van der Waals surface area (Å²) < 4.78 is 19.9. The minimum absolute atomic E-state index is 0.0818. The van der Waals surface area contributed by atoms with Crippen molar-refractivity contribution in [2.45, 2.75) is 39.1 Å². The van der Waals surface area contributed by atoms with Gasteiger partial charge in [-0.25, -0.2) is 0 Å². The zero-order valence-corrected chi connectivity index (χ0v) is 10.4. The minimum atomic E-state index is -0.814. The van der Waals surface area contributed by atoms with Crippen LogP contribution in [0.3, 0.4) is 0 Å². The fourth-order valence-electron chi connectivity index (χ4n) is 1.50. The average Bonchev–Trinajstić information content (AvgIpc) is 2.57. The first-order valence-corrected chi connectivity index (χ1v) is 5.36. The first kappa shape index (κ1) is 14.4. The second-order valence-electron chi connectivity index (χ2n) is 3.76. The lowest BCUT2D eigenvalue weighted by molar-refractivity contribution is -0.164. The Bertz CT molecular complexity index is 338. The number of hydrogen-bond acceptors (Lipinski definition) is 7. The first-order chi connectivity index (χ1) is 8.40. The average molecular weight is 259 g/mol. The Hall–Kier alpha value is -1.63. The zero-order valence-electron chi connectivity index (χ0n) is 10.4. The van der Waals surface area contributed by atoms with Crippen molar-refractivity contribution in [1.29, 1.82) is 0 Å². The van der Waals surface area contributed by atoms with E-state index in [1.165, 1.54) is 27.4 Å². The maximum atomic E-state index is 11.0. The van der Waals surface area contributed by atoms with Gasteiger partial charge in [-0.2, -0.15) is 0 Å². The van der Waals surface area contributed by atoms with Crippen molar-refractivity contribution in [3.05, 3.63) is 6.61 Å². The Balaban J connectivity index is 2.63. The molecule has 0 spiro atoms. The van der Waals surface area contributed by atoms with E-state index in [-0.39, 0.29) is 6.61 Å². The Labute approximate surface area is 104 Å². The summed E-state index contributed by atoms with van der Waals surface area (Å²) in [5.41, 5.74) is 0. The van der Waals surface area contributed by atoms with Crippen LogP contribution in [0, 0.1) is 6.61 Å². The maximum Gasteiger partial charge on any atom is 0.303 e. The van der Waals surface area contributed by atoms with Gasteiger partial charge >= 0.3 is 17.9 Å². The normalized spacial score (nSPS) is 26.5. The highest BCUT2D eigenvalue weighted by molar-refractivity contribution is 5.68. The van der Waals surface area contributed by atoms with Crippen LogP contribution < -0.4 is 0 Å². The van der Waals surface area contributed by atoms with Crippen LogP contribution in [0.4, 0.5) is 0 Å². The van der Waals surface area contributed by atoms with Crippen LogP contribution in [0.1, 0.15) is 20.8 Å². The third kappa shape index (κ3) is 4.33. The van der Waals surface area contributed by atoms with Crippen molar-refractivity contribution in [2.75, 3.05) is 6.61 Å². The van der Waals surface area contributed by atoms with Gasteiger partial charge in [0.1, 0.15) is 19.3 Å². The second kappa shape index (κ2) is 6.34. The summed E-state index contributed by atoms with van der Waals surface area (Å²) in [7, 11) is 0. The molecule has 0 aromatic rings. The van der Waals surface area contributed by atoms with E-state index in [4.69, 9.17) is 18.9 Å². The van der Waals surface area contributed by atoms with Gasteiger partial charge in [0.2, 0.25) is 0 Å². The fraction of sp³-hybridized carbons (Fsp3) is 0.636. The van der Waals surface area contributed by atoms with Gasteiger partial charge in [-0.3, -0.25) is 14.4 Å². The minimum Gasteiger partial charge on any atom is -0.463 e. The molecule has 0 saturated carbocycles. The molecule has 0 aliphatic carbocycles. The van der Waals surface area contributed by atoms with E-state index in [0.29, 0.717) is 0 Å². The summed E-state index contributed by atoms with van der Waals surface area (Å²) in [5, 5.41) is 0. The molecule has 1 aliphatic rings. The molecule has 18 heavy (non-hydrogen) atoms. The van der Waals surface area contributed by atoms with Crippen LogP contribution in [-0.2, 0) is 33.3 Å². The summed E-state index contributed by atoms with van der Waals surface area (Å²) >= 11 is 0. The fourth-order valence-corrected chi connectivity index (χ4v) is 1.50. The monoisotopic (exact) mass is 259 g/mol. The summed E-state index contributed by atoms with van der Waals surface area (Å²) in [5.74, 6) is -1.54. The number of hydrogen-bond donors (Lipinski definition) is 0. The molecule has 0 N–H and O–H groups in total. The van der Waals surface area contributed by atoms with Crippen molar-refractivity contribution in [1.82, 2.24) is 0 Å². The molecule has 0 bridgehead atoms.